The van der Waals surface area contributed by atoms with Crippen molar-refractivity contribution in [1.29, 1.82) is 0 Å². The Kier molecular flexibility index (Phi) is 7.69. The van der Waals surface area contributed by atoms with Crippen LogP contribution in [0.15, 0.2) is 53.3 Å². The number of ether oxygens (including phenoxy) is 1. The monoisotopic (exact) mass is 621 g/mol. The molecule has 0 saturated carbocycles. The molecule has 1 aliphatic rings. The van der Waals surface area contributed by atoms with Crippen LogP contribution in [0.2, 0.25) is 0 Å². The molecule has 0 unspecified atom stereocenters. The molecule has 1 aromatic carbocycles. The molecule has 0 spiro atoms. The molecule has 4 heterocycles. The molecule has 3 aromatic heterocycles. The first-order chi connectivity index (χ1) is 18.4. The van der Waals surface area contributed by atoms with Crippen molar-refractivity contribution in [3.05, 3.63) is 75.0 Å². The van der Waals surface area contributed by atoms with Gasteiger partial charge < -0.3 is 25.2 Å². The number of aromatic nitrogens is 4. The average molecular weight is 621 g/mol. The van der Waals surface area contributed by atoms with E-state index < -0.39 is 5.54 Å². The second kappa shape index (κ2) is 11.1. The van der Waals surface area contributed by atoms with Crippen LogP contribution in [0.5, 0.6) is 0 Å². The predicted octanol–water partition coefficient (Wildman–Crippen LogP) is 5.47. The van der Waals surface area contributed by atoms with Crippen LogP contribution < -0.4 is 11.1 Å². The van der Waals surface area contributed by atoms with E-state index in [-0.39, 0.29) is 5.82 Å². The lowest BCUT2D eigenvalue weighted by atomic mass is 9.99. The number of anilines is 1. The first kappa shape index (κ1) is 26.2. The summed E-state index contributed by atoms with van der Waals surface area (Å²) in [5.74, 6) is 0.716. The Hall–Kier alpha value is -3.40. The first-order valence-corrected chi connectivity index (χ1v) is 13.5. The maximum Gasteiger partial charge on any atom is 0.268 e. The van der Waals surface area contributed by atoms with Crippen molar-refractivity contribution in [2.45, 2.75) is 44.8 Å². The number of hydrogen-bond acceptors (Lipinski definition) is 8. The smallest absolute Gasteiger partial charge is 0.268 e. The number of nitrogen functional groups attached to an aromatic ring is 1. The van der Waals surface area contributed by atoms with Crippen LogP contribution in [0.4, 0.5) is 5.82 Å². The minimum absolute atomic E-state index is 0.250. The summed E-state index contributed by atoms with van der Waals surface area (Å²) in [7, 11) is 0. The Morgan fingerprint density at radius 1 is 1.11 bits per heavy atom. The molecule has 1 aliphatic heterocycles. The van der Waals surface area contributed by atoms with Crippen molar-refractivity contribution in [1.82, 2.24) is 25.4 Å². The van der Waals surface area contributed by atoms with E-state index in [2.05, 4.69) is 60.0 Å². The van der Waals surface area contributed by atoms with Gasteiger partial charge in [0.25, 0.3) is 5.54 Å². The van der Waals surface area contributed by atoms with E-state index in [1.54, 1.807) is 12.4 Å². The summed E-state index contributed by atoms with van der Waals surface area (Å²) >= 11 is 2.21. The second-order valence-corrected chi connectivity index (χ2v) is 10.8. The van der Waals surface area contributed by atoms with Gasteiger partial charge in [0.15, 0.2) is 11.5 Å². The van der Waals surface area contributed by atoms with E-state index in [4.69, 9.17) is 26.5 Å². The summed E-state index contributed by atoms with van der Waals surface area (Å²) in [5.41, 5.74) is 10.8. The lowest BCUT2D eigenvalue weighted by Crippen LogP contribution is -2.34. The summed E-state index contributed by atoms with van der Waals surface area (Å²) in [6, 6.07) is 12.5. The standard InChI is InChI=1S/C28H28IN7O2/c1-28(2,31-3)22-14-19(8-11-32-22)21-16-34-27(30)25(35-21)26-23(29)24(36-38-26)18-6-4-17(5-7-18)15-33-20-9-12-37-13-10-20/h4-8,11,14,16,20,33H,9-10,12-13,15H2,1-2H3,(H2,30,34). The van der Waals surface area contributed by atoms with Gasteiger partial charge in [-0.15, -0.1) is 0 Å². The van der Waals surface area contributed by atoms with Crippen LogP contribution in [-0.4, -0.2) is 39.4 Å². The lowest BCUT2D eigenvalue weighted by molar-refractivity contribution is 0.0776. The maximum atomic E-state index is 7.48. The largest absolute Gasteiger partial charge is 0.382 e. The lowest BCUT2D eigenvalue weighted by Gasteiger charge is -2.23. The zero-order chi connectivity index (χ0) is 26.7. The molecule has 5 rings (SSSR count). The van der Waals surface area contributed by atoms with Gasteiger partial charge in [0.2, 0.25) is 5.76 Å². The van der Waals surface area contributed by atoms with Gasteiger partial charge in [0.05, 0.1) is 15.5 Å². The molecule has 3 N–H and O–H groups in total. The van der Waals surface area contributed by atoms with Gasteiger partial charge >= 0.3 is 0 Å². The van der Waals surface area contributed by atoms with Gasteiger partial charge in [-0.1, -0.05) is 29.4 Å². The van der Waals surface area contributed by atoms with Crippen LogP contribution in [0.3, 0.4) is 0 Å². The Morgan fingerprint density at radius 2 is 1.87 bits per heavy atom. The van der Waals surface area contributed by atoms with E-state index in [1.807, 2.05) is 38.1 Å². The molecule has 1 fully saturated rings. The van der Waals surface area contributed by atoms with Gasteiger partial charge in [-0.05, 0) is 53.1 Å². The molecule has 9 nitrogen and oxygen atoms in total. The first-order valence-electron chi connectivity index (χ1n) is 12.4. The van der Waals surface area contributed by atoms with Crippen molar-refractivity contribution in [2.75, 3.05) is 18.9 Å². The zero-order valence-electron chi connectivity index (χ0n) is 21.2. The molecule has 38 heavy (non-hydrogen) atoms. The Balaban J connectivity index is 1.38. The van der Waals surface area contributed by atoms with Crippen LogP contribution in [0.1, 0.15) is 37.9 Å². The number of nitrogens with two attached hydrogens (primary N) is 1. The van der Waals surface area contributed by atoms with E-state index in [0.29, 0.717) is 28.9 Å². The van der Waals surface area contributed by atoms with Crippen LogP contribution in [-0.2, 0) is 16.8 Å². The quantitative estimate of drug-likeness (QED) is 0.206. The maximum absolute atomic E-state index is 7.48. The van der Waals surface area contributed by atoms with Gasteiger partial charge in [-0.25, -0.2) is 16.5 Å². The topological polar surface area (TPSA) is 116 Å². The molecular formula is C28H28IN7O2. The fraction of sp³-hybridized carbons (Fsp3) is 0.321. The normalized spacial score (nSPS) is 14.4. The van der Waals surface area contributed by atoms with Crippen molar-refractivity contribution < 1.29 is 9.26 Å². The van der Waals surface area contributed by atoms with Crippen molar-refractivity contribution in [2.24, 2.45) is 0 Å². The van der Waals surface area contributed by atoms with Crippen LogP contribution in [0, 0.1) is 10.1 Å². The van der Waals surface area contributed by atoms with E-state index in [9.17, 15) is 0 Å². The highest BCUT2D eigenvalue weighted by molar-refractivity contribution is 14.1. The number of hydrogen-bond donors (Lipinski definition) is 2. The molecule has 4 aromatic rings. The number of pyridine rings is 1. The fourth-order valence-electron chi connectivity index (χ4n) is 4.24. The van der Waals surface area contributed by atoms with Gasteiger partial charge in [0.1, 0.15) is 11.4 Å². The Labute approximate surface area is 235 Å². The van der Waals surface area contributed by atoms with Crippen molar-refractivity contribution >= 4 is 28.4 Å². The predicted molar refractivity (Wildman–Crippen MR) is 154 cm³/mol. The number of benzene rings is 1. The highest BCUT2D eigenvalue weighted by Gasteiger charge is 2.28. The molecule has 194 valence electrons. The van der Waals surface area contributed by atoms with Crippen molar-refractivity contribution in [3.8, 4) is 34.0 Å². The van der Waals surface area contributed by atoms with Crippen LogP contribution >= 0.6 is 22.6 Å². The molecule has 0 amide bonds. The number of nitrogens with one attached hydrogen (secondary N) is 1. The molecule has 10 heteroatoms. The zero-order valence-corrected chi connectivity index (χ0v) is 23.4. The molecule has 0 bridgehead atoms. The molecule has 0 radical (unpaired) electrons. The third-order valence-electron chi connectivity index (χ3n) is 6.66. The number of halogens is 1. The highest BCUT2D eigenvalue weighted by Crippen LogP contribution is 2.36. The number of rotatable bonds is 7. The van der Waals surface area contributed by atoms with E-state index >= 15 is 0 Å². The van der Waals surface area contributed by atoms with Crippen molar-refractivity contribution in [3.63, 3.8) is 0 Å². The highest BCUT2D eigenvalue weighted by atomic mass is 127. The summed E-state index contributed by atoms with van der Waals surface area (Å²) < 4.78 is 12.0. The fourth-order valence-corrected chi connectivity index (χ4v) is 5.00. The van der Waals surface area contributed by atoms with E-state index in [1.165, 1.54) is 5.56 Å². The molecule has 1 saturated heterocycles. The molecular weight excluding hydrogens is 593 g/mol. The molecule has 0 atom stereocenters. The SMILES string of the molecule is [C-]#[N+]C(C)(C)c1cc(-c2cnc(N)c(-c3onc(-c4ccc(CNC5CCOCC5)cc4)c3I)n2)ccn1. The summed E-state index contributed by atoms with van der Waals surface area (Å²) in [6.45, 7) is 13.6. The van der Waals surface area contributed by atoms with Gasteiger partial charge in [-0.3, -0.25) is 4.98 Å². The molecule has 0 aliphatic carbocycles. The summed E-state index contributed by atoms with van der Waals surface area (Å²) in [6.07, 6.45) is 5.38. The Morgan fingerprint density at radius 3 is 2.61 bits per heavy atom. The minimum atomic E-state index is -0.744. The average Bonchev–Trinajstić information content (AvgIpc) is 3.34. The minimum Gasteiger partial charge on any atom is -0.382 e. The third kappa shape index (κ3) is 5.55. The Bertz CT molecular complexity index is 1470. The van der Waals surface area contributed by atoms with Gasteiger partial charge in [-0.2, -0.15) is 0 Å². The summed E-state index contributed by atoms with van der Waals surface area (Å²) in [4.78, 5) is 17.2. The van der Waals surface area contributed by atoms with E-state index in [0.717, 1.165) is 53.0 Å². The number of nitrogens with zero attached hydrogens (tertiary/aromatic N) is 5. The van der Waals surface area contributed by atoms with Crippen LogP contribution in [0.25, 0.3) is 38.8 Å². The third-order valence-corrected chi connectivity index (χ3v) is 7.66. The van der Waals surface area contributed by atoms with Gasteiger partial charge in [0, 0.05) is 57.0 Å². The summed E-state index contributed by atoms with van der Waals surface area (Å²) in [5, 5.41) is 7.94. The second-order valence-electron chi connectivity index (χ2n) is 9.73.